The van der Waals surface area contributed by atoms with Gasteiger partial charge in [0.05, 0.1) is 22.1 Å². The van der Waals surface area contributed by atoms with Gasteiger partial charge in [-0.2, -0.15) is 4.31 Å². The van der Waals surface area contributed by atoms with Crippen molar-refractivity contribution >= 4 is 39.2 Å². The van der Waals surface area contributed by atoms with Gasteiger partial charge in [0.2, 0.25) is 10.0 Å². The highest BCUT2D eigenvalue weighted by Crippen LogP contribution is 2.31. The molecule has 10 heteroatoms. The van der Waals surface area contributed by atoms with E-state index in [1.165, 1.54) is 22.5 Å². The number of halogens is 1. The fourth-order valence-electron chi connectivity index (χ4n) is 3.83. The normalized spacial score (nSPS) is 13.5. The van der Waals surface area contributed by atoms with Crippen molar-refractivity contribution in [2.24, 2.45) is 0 Å². The number of carbonyl (C=O) groups is 2. The van der Waals surface area contributed by atoms with Gasteiger partial charge >= 0.3 is 5.97 Å². The van der Waals surface area contributed by atoms with Gasteiger partial charge < -0.3 is 14.8 Å². The summed E-state index contributed by atoms with van der Waals surface area (Å²) in [5.74, 6) is -0.699. The second kappa shape index (κ2) is 11.1. The van der Waals surface area contributed by atoms with Gasteiger partial charge in [0.1, 0.15) is 5.75 Å². The average Bonchev–Trinajstić information content (AvgIpc) is 2.88. The van der Waals surface area contributed by atoms with E-state index in [9.17, 15) is 18.0 Å². The number of rotatable bonds is 8. The third-order valence-corrected chi connectivity index (χ3v) is 7.81. The minimum Gasteiger partial charge on any atom is -0.482 e. The highest BCUT2D eigenvalue weighted by molar-refractivity contribution is 7.89. The monoisotopic (exact) mass is 528 g/mol. The van der Waals surface area contributed by atoms with Crippen LogP contribution in [0.25, 0.3) is 0 Å². The zero-order chi connectivity index (χ0) is 25.7. The summed E-state index contributed by atoms with van der Waals surface area (Å²) in [7, 11) is -3.75. The first kappa shape index (κ1) is 25.7. The van der Waals surface area contributed by atoms with E-state index in [4.69, 9.17) is 21.1 Å². The van der Waals surface area contributed by atoms with E-state index in [0.29, 0.717) is 30.8 Å². The van der Waals surface area contributed by atoms with Crippen LogP contribution in [0.4, 0.5) is 5.69 Å². The number of esters is 1. The third kappa shape index (κ3) is 5.87. The first-order valence-electron chi connectivity index (χ1n) is 11.3. The lowest BCUT2D eigenvalue weighted by molar-refractivity contribution is -0.118. The van der Waals surface area contributed by atoms with Crippen molar-refractivity contribution in [3.8, 4) is 5.75 Å². The summed E-state index contributed by atoms with van der Waals surface area (Å²) in [6.07, 6.45) is 0.644. The number of ether oxygens (including phenoxy) is 2. The second-order valence-corrected chi connectivity index (χ2v) is 10.4. The topological polar surface area (TPSA) is 102 Å². The van der Waals surface area contributed by atoms with Crippen LogP contribution in [-0.4, -0.2) is 44.4 Å². The number of hydrogen-bond donors (Lipinski definition) is 1. The molecule has 0 bridgehead atoms. The minimum atomic E-state index is -3.75. The molecule has 0 aliphatic carbocycles. The molecule has 0 atom stereocenters. The van der Waals surface area contributed by atoms with Crippen molar-refractivity contribution in [2.45, 2.75) is 24.8 Å². The maximum Gasteiger partial charge on any atom is 0.338 e. The molecule has 8 nitrogen and oxygen atoms in total. The van der Waals surface area contributed by atoms with Crippen LogP contribution in [0, 0.1) is 0 Å². The van der Waals surface area contributed by atoms with Crippen LogP contribution in [0.5, 0.6) is 5.75 Å². The Balaban J connectivity index is 1.36. The number of hydrogen-bond acceptors (Lipinski definition) is 6. The molecule has 1 aliphatic heterocycles. The Bertz CT molecular complexity index is 1380. The summed E-state index contributed by atoms with van der Waals surface area (Å²) in [6.45, 7) is 2.34. The van der Waals surface area contributed by atoms with Crippen LogP contribution < -0.4 is 10.1 Å². The van der Waals surface area contributed by atoms with Gasteiger partial charge in [-0.05, 0) is 66.9 Å². The molecule has 0 fully saturated rings. The van der Waals surface area contributed by atoms with Crippen LogP contribution in [0.2, 0.25) is 5.02 Å². The van der Waals surface area contributed by atoms with Crippen LogP contribution in [0.15, 0.2) is 71.6 Å². The number of sulfonamides is 1. The molecule has 1 amide bonds. The van der Waals surface area contributed by atoms with Crippen LogP contribution >= 0.6 is 11.6 Å². The largest absolute Gasteiger partial charge is 0.482 e. The first-order valence-corrected chi connectivity index (χ1v) is 13.2. The van der Waals surface area contributed by atoms with E-state index < -0.39 is 21.9 Å². The van der Waals surface area contributed by atoms with Gasteiger partial charge in [0.15, 0.2) is 6.61 Å². The Labute approximate surface area is 214 Å². The summed E-state index contributed by atoms with van der Waals surface area (Å²) in [4.78, 5) is 24.1. The van der Waals surface area contributed by atoms with E-state index in [1.807, 2.05) is 24.3 Å². The Morgan fingerprint density at radius 2 is 1.75 bits per heavy atom. The summed E-state index contributed by atoms with van der Waals surface area (Å²) in [5.41, 5.74) is 2.99. The lowest BCUT2D eigenvalue weighted by Crippen LogP contribution is -2.35. The van der Waals surface area contributed by atoms with E-state index in [1.54, 1.807) is 31.2 Å². The molecule has 1 aliphatic rings. The molecule has 188 valence electrons. The molecule has 0 spiro atoms. The number of nitrogens with zero attached hydrogens (tertiary/aromatic N) is 1. The Morgan fingerprint density at radius 3 is 2.44 bits per heavy atom. The molecular weight excluding hydrogens is 504 g/mol. The molecule has 3 aromatic carbocycles. The summed E-state index contributed by atoms with van der Waals surface area (Å²) in [6, 6.07) is 18.2. The maximum atomic E-state index is 13.2. The van der Waals surface area contributed by atoms with Crippen LogP contribution in [0.3, 0.4) is 0 Å². The van der Waals surface area contributed by atoms with Crippen molar-refractivity contribution in [3.63, 3.8) is 0 Å². The Hall–Kier alpha value is -3.40. The number of carbonyl (C=O) groups excluding carboxylic acids is 2. The van der Waals surface area contributed by atoms with Gasteiger partial charge in [-0.25, -0.2) is 13.2 Å². The van der Waals surface area contributed by atoms with Gasteiger partial charge in [-0.3, -0.25) is 4.79 Å². The third-order valence-electron chi connectivity index (χ3n) is 5.68. The number of anilines is 1. The second-order valence-electron chi connectivity index (χ2n) is 8.08. The summed E-state index contributed by atoms with van der Waals surface area (Å²) < 4.78 is 38.2. The van der Waals surface area contributed by atoms with Crippen molar-refractivity contribution in [1.29, 1.82) is 0 Å². The van der Waals surface area contributed by atoms with Gasteiger partial charge in [-0.1, -0.05) is 35.9 Å². The quantitative estimate of drug-likeness (QED) is 0.438. The highest BCUT2D eigenvalue weighted by atomic mass is 35.5. The van der Waals surface area contributed by atoms with E-state index in [2.05, 4.69) is 5.32 Å². The molecule has 1 heterocycles. The molecule has 0 saturated heterocycles. The number of benzene rings is 3. The van der Waals surface area contributed by atoms with Crippen molar-refractivity contribution in [3.05, 3.63) is 88.4 Å². The lowest BCUT2D eigenvalue weighted by Gasteiger charge is -2.28. The number of fused-ring (bicyclic) bond motifs is 1. The standard InChI is InChI=1S/C26H25ClN2O6S/c1-2-34-26(31)19-7-9-21(10-8-19)28-25(30)17-35-24-12-11-22(15-23(24)27)36(32,33)29-14-13-18-5-3-4-6-20(18)16-29/h3-12,15H,2,13-14,16-17H2,1H3,(H,28,30). The smallest absolute Gasteiger partial charge is 0.338 e. The van der Waals surface area contributed by atoms with Gasteiger partial charge in [-0.15, -0.1) is 0 Å². The molecule has 0 saturated carbocycles. The number of nitrogens with one attached hydrogen (secondary N) is 1. The van der Waals surface area contributed by atoms with Crippen LogP contribution in [0.1, 0.15) is 28.4 Å². The SMILES string of the molecule is CCOC(=O)c1ccc(NC(=O)COc2ccc(S(=O)(=O)N3CCc4ccccc4C3)cc2Cl)cc1. The molecule has 3 aromatic rings. The summed E-state index contributed by atoms with van der Waals surface area (Å²) >= 11 is 6.29. The molecule has 36 heavy (non-hydrogen) atoms. The van der Waals surface area contributed by atoms with E-state index in [-0.39, 0.29) is 28.9 Å². The van der Waals surface area contributed by atoms with Crippen LogP contribution in [-0.2, 0) is 32.5 Å². The highest BCUT2D eigenvalue weighted by Gasteiger charge is 2.28. The minimum absolute atomic E-state index is 0.0605. The molecule has 0 aromatic heterocycles. The molecule has 1 N–H and O–H groups in total. The zero-order valence-electron chi connectivity index (χ0n) is 19.6. The van der Waals surface area contributed by atoms with Gasteiger partial charge in [0.25, 0.3) is 5.91 Å². The van der Waals surface area contributed by atoms with E-state index >= 15 is 0 Å². The average molecular weight is 529 g/mol. The fraction of sp³-hybridized carbons (Fsp3) is 0.231. The predicted molar refractivity (Wildman–Crippen MR) is 136 cm³/mol. The van der Waals surface area contributed by atoms with Crippen molar-refractivity contribution < 1.29 is 27.5 Å². The lowest BCUT2D eigenvalue weighted by atomic mass is 10.0. The predicted octanol–water partition coefficient (Wildman–Crippen LogP) is 4.28. The maximum absolute atomic E-state index is 13.2. The first-order chi connectivity index (χ1) is 17.3. The molecule has 0 unspecified atom stereocenters. The molecular formula is C26H25ClN2O6S. The molecule has 4 rings (SSSR count). The van der Waals surface area contributed by atoms with Gasteiger partial charge in [0, 0.05) is 18.8 Å². The van der Waals surface area contributed by atoms with Crippen molar-refractivity contribution in [2.75, 3.05) is 25.1 Å². The molecule has 0 radical (unpaired) electrons. The van der Waals surface area contributed by atoms with E-state index in [0.717, 1.165) is 11.1 Å². The Morgan fingerprint density at radius 1 is 1.03 bits per heavy atom. The number of amides is 1. The summed E-state index contributed by atoms with van der Waals surface area (Å²) in [5, 5.41) is 2.74. The zero-order valence-corrected chi connectivity index (χ0v) is 21.1. The fourth-order valence-corrected chi connectivity index (χ4v) is 5.57. The van der Waals surface area contributed by atoms with Crippen molar-refractivity contribution in [1.82, 2.24) is 4.31 Å². The Kier molecular flexibility index (Phi) is 7.93.